The molecular weight excluding hydrogens is 252 g/mol. The fourth-order valence-electron chi connectivity index (χ4n) is 2.10. The van der Waals surface area contributed by atoms with E-state index in [1.165, 1.54) is 0 Å². The summed E-state index contributed by atoms with van der Waals surface area (Å²) in [5, 5.41) is 12.4. The number of rotatable bonds is 8. The molecule has 4 N–H and O–H groups in total. The van der Waals surface area contributed by atoms with Crippen molar-refractivity contribution in [3.8, 4) is 0 Å². The number of carbonyl (C=O) groups is 1. The van der Waals surface area contributed by atoms with Crippen molar-refractivity contribution >= 4 is 11.6 Å². The summed E-state index contributed by atoms with van der Waals surface area (Å²) in [4.78, 5) is 11.9. The van der Waals surface area contributed by atoms with Crippen LogP contribution in [0.4, 0.5) is 5.69 Å². The minimum atomic E-state index is -0.184. The first-order valence-corrected chi connectivity index (χ1v) is 7.27. The second kappa shape index (κ2) is 7.90. The highest BCUT2D eigenvalue weighted by Gasteiger charge is 2.25. The number of nitrogen functional groups attached to an aromatic ring is 1. The third kappa shape index (κ3) is 4.85. The van der Waals surface area contributed by atoms with Gasteiger partial charge >= 0.3 is 0 Å². The third-order valence-corrected chi connectivity index (χ3v) is 4.12. The topological polar surface area (TPSA) is 75.3 Å². The quantitative estimate of drug-likeness (QED) is 0.638. The summed E-state index contributed by atoms with van der Waals surface area (Å²) in [6.45, 7) is 4.73. The summed E-state index contributed by atoms with van der Waals surface area (Å²) in [6, 6.07) is 7.58. The van der Waals surface area contributed by atoms with Gasteiger partial charge in [-0.1, -0.05) is 26.0 Å². The maximum atomic E-state index is 11.9. The molecule has 0 fully saturated rings. The standard InChI is InChI=1S/C16H26N2O2/c1-3-16(4-2,12-19)11-18-15(20)10-7-13-5-8-14(17)9-6-13/h5-6,8-9,19H,3-4,7,10-12,17H2,1-2H3,(H,18,20). The van der Waals surface area contributed by atoms with Gasteiger partial charge in [-0.2, -0.15) is 0 Å². The first-order chi connectivity index (χ1) is 9.55. The molecule has 20 heavy (non-hydrogen) atoms. The lowest BCUT2D eigenvalue weighted by Crippen LogP contribution is -2.39. The van der Waals surface area contributed by atoms with E-state index in [4.69, 9.17) is 5.73 Å². The number of carbonyl (C=O) groups excluding carboxylic acids is 1. The number of aryl methyl sites for hydroxylation is 1. The van der Waals surface area contributed by atoms with Gasteiger partial charge in [0.15, 0.2) is 0 Å². The van der Waals surface area contributed by atoms with E-state index >= 15 is 0 Å². The van der Waals surface area contributed by atoms with Gasteiger partial charge in [0.1, 0.15) is 0 Å². The number of hydrogen-bond acceptors (Lipinski definition) is 3. The average molecular weight is 278 g/mol. The Bertz CT molecular complexity index is 403. The number of anilines is 1. The predicted molar refractivity (Wildman–Crippen MR) is 82.3 cm³/mol. The highest BCUT2D eigenvalue weighted by atomic mass is 16.3. The van der Waals surface area contributed by atoms with Crippen LogP contribution in [0.2, 0.25) is 0 Å². The largest absolute Gasteiger partial charge is 0.399 e. The smallest absolute Gasteiger partial charge is 0.220 e. The molecule has 0 atom stereocenters. The molecule has 112 valence electrons. The summed E-state index contributed by atoms with van der Waals surface area (Å²) in [6.07, 6.45) is 2.88. The molecule has 1 rings (SSSR count). The number of nitrogens with one attached hydrogen (secondary N) is 1. The fourth-order valence-corrected chi connectivity index (χ4v) is 2.10. The van der Waals surface area contributed by atoms with Crippen molar-refractivity contribution in [2.45, 2.75) is 39.5 Å². The van der Waals surface area contributed by atoms with Gasteiger partial charge in [-0.3, -0.25) is 4.79 Å². The highest BCUT2D eigenvalue weighted by molar-refractivity contribution is 5.76. The lowest BCUT2D eigenvalue weighted by molar-refractivity contribution is -0.121. The molecule has 0 saturated heterocycles. The predicted octanol–water partition coefficient (Wildman–Crippen LogP) is 2.12. The van der Waals surface area contributed by atoms with Crippen molar-refractivity contribution < 1.29 is 9.90 Å². The number of amides is 1. The lowest BCUT2D eigenvalue weighted by Gasteiger charge is -2.29. The molecule has 0 aromatic heterocycles. The Hall–Kier alpha value is -1.55. The number of benzene rings is 1. The maximum Gasteiger partial charge on any atom is 0.220 e. The second-order valence-corrected chi connectivity index (χ2v) is 5.38. The first-order valence-electron chi connectivity index (χ1n) is 7.27. The van der Waals surface area contributed by atoms with E-state index in [9.17, 15) is 9.90 Å². The molecule has 0 unspecified atom stereocenters. The van der Waals surface area contributed by atoms with Crippen LogP contribution < -0.4 is 11.1 Å². The number of aliphatic hydroxyl groups is 1. The van der Waals surface area contributed by atoms with Crippen LogP contribution in [0, 0.1) is 5.41 Å². The van der Waals surface area contributed by atoms with E-state index in [0.29, 0.717) is 19.4 Å². The van der Waals surface area contributed by atoms with E-state index in [1.54, 1.807) is 0 Å². The summed E-state index contributed by atoms with van der Waals surface area (Å²) in [5.74, 6) is 0.0292. The van der Waals surface area contributed by atoms with Crippen molar-refractivity contribution in [1.29, 1.82) is 0 Å². The molecular formula is C16H26N2O2. The number of hydrogen-bond donors (Lipinski definition) is 3. The van der Waals surface area contributed by atoms with Gasteiger partial charge in [0.05, 0.1) is 6.61 Å². The van der Waals surface area contributed by atoms with Crippen LogP contribution in [0.3, 0.4) is 0 Å². The Balaban J connectivity index is 2.38. The normalized spacial score (nSPS) is 11.3. The van der Waals surface area contributed by atoms with E-state index < -0.39 is 0 Å². The first kappa shape index (κ1) is 16.5. The summed E-state index contributed by atoms with van der Waals surface area (Å²) in [5.41, 5.74) is 7.28. The Morgan fingerprint density at radius 3 is 2.35 bits per heavy atom. The minimum absolute atomic E-state index is 0.0292. The van der Waals surface area contributed by atoms with Gasteiger partial charge in [0, 0.05) is 24.1 Å². The zero-order valence-electron chi connectivity index (χ0n) is 12.5. The zero-order valence-corrected chi connectivity index (χ0v) is 12.5. The molecule has 0 aliphatic rings. The SMILES string of the molecule is CCC(CC)(CO)CNC(=O)CCc1ccc(N)cc1. The van der Waals surface area contributed by atoms with Crippen molar-refractivity contribution in [1.82, 2.24) is 5.32 Å². The van der Waals surface area contributed by atoms with Crippen molar-refractivity contribution in [3.05, 3.63) is 29.8 Å². The van der Waals surface area contributed by atoms with Crippen LogP contribution in [0.15, 0.2) is 24.3 Å². The summed E-state index contributed by atoms with van der Waals surface area (Å²) in [7, 11) is 0. The Morgan fingerprint density at radius 2 is 1.85 bits per heavy atom. The molecule has 0 aliphatic carbocycles. The highest BCUT2D eigenvalue weighted by Crippen LogP contribution is 2.24. The summed E-state index contributed by atoms with van der Waals surface area (Å²) < 4.78 is 0. The molecule has 4 heteroatoms. The second-order valence-electron chi connectivity index (χ2n) is 5.38. The van der Waals surface area contributed by atoms with Crippen LogP contribution in [0.5, 0.6) is 0 Å². The van der Waals surface area contributed by atoms with E-state index in [0.717, 1.165) is 24.1 Å². The van der Waals surface area contributed by atoms with E-state index in [-0.39, 0.29) is 17.9 Å². The van der Waals surface area contributed by atoms with Crippen LogP contribution in [-0.2, 0) is 11.2 Å². The van der Waals surface area contributed by atoms with E-state index in [2.05, 4.69) is 5.32 Å². The monoisotopic (exact) mass is 278 g/mol. The molecule has 0 radical (unpaired) electrons. The Labute approximate surface area is 121 Å². The average Bonchev–Trinajstić information content (AvgIpc) is 2.48. The molecule has 4 nitrogen and oxygen atoms in total. The van der Waals surface area contributed by atoms with Crippen LogP contribution >= 0.6 is 0 Å². The van der Waals surface area contributed by atoms with Gasteiger partial charge in [-0.15, -0.1) is 0 Å². The molecule has 1 aromatic rings. The lowest BCUT2D eigenvalue weighted by atomic mass is 9.83. The van der Waals surface area contributed by atoms with Crippen molar-refractivity contribution in [2.75, 3.05) is 18.9 Å². The maximum absolute atomic E-state index is 11.9. The molecule has 1 aromatic carbocycles. The molecule has 0 bridgehead atoms. The van der Waals surface area contributed by atoms with Gasteiger partial charge in [0.25, 0.3) is 0 Å². The number of nitrogens with two attached hydrogens (primary N) is 1. The van der Waals surface area contributed by atoms with Crippen LogP contribution in [0.25, 0.3) is 0 Å². The molecule has 0 heterocycles. The van der Waals surface area contributed by atoms with Crippen LogP contribution in [0.1, 0.15) is 38.7 Å². The van der Waals surface area contributed by atoms with Crippen LogP contribution in [-0.4, -0.2) is 24.2 Å². The third-order valence-electron chi connectivity index (χ3n) is 4.12. The number of aliphatic hydroxyl groups excluding tert-OH is 1. The van der Waals surface area contributed by atoms with Gasteiger partial charge in [0.2, 0.25) is 5.91 Å². The minimum Gasteiger partial charge on any atom is -0.399 e. The molecule has 0 spiro atoms. The van der Waals surface area contributed by atoms with Crippen molar-refractivity contribution in [2.24, 2.45) is 5.41 Å². The van der Waals surface area contributed by atoms with Gasteiger partial charge in [-0.25, -0.2) is 0 Å². The molecule has 0 aliphatic heterocycles. The van der Waals surface area contributed by atoms with Gasteiger partial charge < -0.3 is 16.2 Å². The Morgan fingerprint density at radius 1 is 1.25 bits per heavy atom. The molecule has 0 saturated carbocycles. The zero-order chi connectivity index (χ0) is 15.0. The van der Waals surface area contributed by atoms with Gasteiger partial charge in [-0.05, 0) is 37.0 Å². The van der Waals surface area contributed by atoms with Crippen molar-refractivity contribution in [3.63, 3.8) is 0 Å². The fraction of sp³-hybridized carbons (Fsp3) is 0.562. The summed E-state index contributed by atoms with van der Waals surface area (Å²) >= 11 is 0. The van der Waals surface area contributed by atoms with E-state index in [1.807, 2.05) is 38.1 Å². The molecule has 1 amide bonds. The Kier molecular flexibility index (Phi) is 6.52.